The summed E-state index contributed by atoms with van der Waals surface area (Å²) in [6.45, 7) is 4.24. The summed E-state index contributed by atoms with van der Waals surface area (Å²) in [6, 6.07) is 1.76. The van der Waals surface area contributed by atoms with Gasteiger partial charge in [-0.1, -0.05) is 29.8 Å². The topological polar surface area (TPSA) is 35.0 Å². The first-order valence-electron chi connectivity index (χ1n) is 4.70. The van der Waals surface area contributed by atoms with E-state index in [1.165, 1.54) is 0 Å². The molecule has 2 atom stereocenters. The number of ether oxygens (including phenoxy) is 1. The highest BCUT2D eigenvalue weighted by molar-refractivity contribution is 9.09. The van der Waals surface area contributed by atoms with Crippen LogP contribution in [0.5, 0.6) is 5.88 Å². The Kier molecular flexibility index (Phi) is 4.32. The number of alkyl halides is 1. The van der Waals surface area contributed by atoms with Crippen LogP contribution in [0.4, 0.5) is 0 Å². The van der Waals surface area contributed by atoms with Gasteiger partial charge in [-0.05, 0) is 6.42 Å². The Labute approximate surface area is 93.0 Å². The fourth-order valence-corrected chi connectivity index (χ4v) is 1.97. The normalized spacial score (nSPS) is 14.9. The summed E-state index contributed by atoms with van der Waals surface area (Å²) in [5, 5.41) is 0. The zero-order valence-electron chi connectivity index (χ0n) is 8.70. The van der Waals surface area contributed by atoms with Crippen molar-refractivity contribution < 1.29 is 4.74 Å². The molecule has 78 valence electrons. The molecule has 0 spiro atoms. The van der Waals surface area contributed by atoms with E-state index in [1.54, 1.807) is 19.4 Å². The lowest BCUT2D eigenvalue weighted by Gasteiger charge is -2.15. The van der Waals surface area contributed by atoms with Gasteiger partial charge in [0.05, 0.1) is 7.11 Å². The Balaban J connectivity index is 2.92. The zero-order valence-corrected chi connectivity index (χ0v) is 10.3. The molecule has 1 aromatic heterocycles. The third-order valence-electron chi connectivity index (χ3n) is 2.18. The zero-order chi connectivity index (χ0) is 10.6. The number of methoxy groups -OCH3 is 1. The highest BCUT2D eigenvalue weighted by atomic mass is 79.9. The van der Waals surface area contributed by atoms with E-state index < -0.39 is 0 Å². The molecule has 4 heteroatoms. The second-order valence-electron chi connectivity index (χ2n) is 3.15. The minimum Gasteiger partial charge on any atom is -0.481 e. The van der Waals surface area contributed by atoms with E-state index in [4.69, 9.17) is 4.74 Å². The van der Waals surface area contributed by atoms with Gasteiger partial charge in [-0.3, -0.25) is 0 Å². The van der Waals surface area contributed by atoms with Gasteiger partial charge in [0.25, 0.3) is 0 Å². The lowest BCUT2D eigenvalue weighted by molar-refractivity contribution is 0.392. The molecule has 1 rings (SSSR count). The first-order valence-corrected chi connectivity index (χ1v) is 5.61. The second-order valence-corrected chi connectivity index (χ2v) is 4.59. The van der Waals surface area contributed by atoms with Gasteiger partial charge in [-0.2, -0.15) is 4.98 Å². The van der Waals surface area contributed by atoms with Crippen LogP contribution in [0.1, 0.15) is 32.0 Å². The van der Waals surface area contributed by atoms with Crippen molar-refractivity contribution in [2.45, 2.75) is 31.0 Å². The SMILES string of the molecule is CCC(c1nccc(OC)n1)C(C)Br. The van der Waals surface area contributed by atoms with Crippen molar-refractivity contribution in [3.05, 3.63) is 18.1 Å². The van der Waals surface area contributed by atoms with Crippen LogP contribution in [0.15, 0.2) is 12.3 Å². The summed E-state index contributed by atoms with van der Waals surface area (Å²) in [5.41, 5.74) is 0. The van der Waals surface area contributed by atoms with Crippen molar-refractivity contribution in [1.82, 2.24) is 9.97 Å². The minimum absolute atomic E-state index is 0.338. The molecule has 0 saturated heterocycles. The van der Waals surface area contributed by atoms with Crippen LogP contribution in [-0.4, -0.2) is 21.9 Å². The van der Waals surface area contributed by atoms with E-state index >= 15 is 0 Å². The van der Waals surface area contributed by atoms with Crippen LogP contribution in [-0.2, 0) is 0 Å². The van der Waals surface area contributed by atoms with Crippen molar-refractivity contribution in [3.8, 4) is 5.88 Å². The third kappa shape index (κ3) is 2.67. The van der Waals surface area contributed by atoms with Crippen LogP contribution >= 0.6 is 15.9 Å². The van der Waals surface area contributed by atoms with Gasteiger partial charge in [-0.25, -0.2) is 4.98 Å². The fraction of sp³-hybridized carbons (Fsp3) is 0.600. The molecule has 0 amide bonds. The number of nitrogens with zero attached hydrogens (tertiary/aromatic N) is 2. The molecule has 2 unspecified atom stereocenters. The molecule has 1 aromatic rings. The number of rotatable bonds is 4. The smallest absolute Gasteiger partial charge is 0.216 e. The van der Waals surface area contributed by atoms with Crippen molar-refractivity contribution in [1.29, 1.82) is 0 Å². The Hall–Kier alpha value is -0.640. The Morgan fingerprint density at radius 1 is 1.57 bits per heavy atom. The maximum absolute atomic E-state index is 5.06. The highest BCUT2D eigenvalue weighted by Crippen LogP contribution is 2.25. The third-order valence-corrected chi connectivity index (χ3v) is 2.82. The molecule has 0 fully saturated rings. The molecule has 14 heavy (non-hydrogen) atoms. The summed E-state index contributed by atoms with van der Waals surface area (Å²) in [5.74, 6) is 1.81. The second kappa shape index (κ2) is 5.29. The summed E-state index contributed by atoms with van der Waals surface area (Å²) < 4.78 is 5.06. The van der Waals surface area contributed by atoms with Gasteiger partial charge in [0.15, 0.2) is 0 Å². The summed E-state index contributed by atoms with van der Waals surface area (Å²) in [7, 11) is 1.62. The minimum atomic E-state index is 0.338. The molecule has 0 saturated carbocycles. The van der Waals surface area contributed by atoms with Gasteiger partial charge < -0.3 is 4.74 Å². The van der Waals surface area contributed by atoms with E-state index in [2.05, 4.69) is 39.7 Å². The van der Waals surface area contributed by atoms with Crippen LogP contribution in [0, 0.1) is 0 Å². The highest BCUT2D eigenvalue weighted by Gasteiger charge is 2.18. The standard InChI is InChI=1S/C10H15BrN2O/c1-4-8(7(2)11)10-12-6-5-9(13-10)14-3/h5-8H,4H2,1-3H3. The van der Waals surface area contributed by atoms with Crippen molar-refractivity contribution >= 4 is 15.9 Å². The predicted molar refractivity (Wildman–Crippen MR) is 60.0 cm³/mol. The molecule has 0 radical (unpaired) electrons. The first-order chi connectivity index (χ1) is 6.69. The molecular weight excluding hydrogens is 244 g/mol. The maximum Gasteiger partial charge on any atom is 0.216 e. The molecule has 3 nitrogen and oxygen atoms in total. The predicted octanol–water partition coefficient (Wildman–Crippen LogP) is 2.76. The van der Waals surface area contributed by atoms with Crippen molar-refractivity contribution in [2.75, 3.05) is 7.11 Å². The van der Waals surface area contributed by atoms with Crippen LogP contribution in [0.25, 0.3) is 0 Å². The lowest BCUT2D eigenvalue weighted by Crippen LogP contribution is -2.12. The number of aromatic nitrogens is 2. The van der Waals surface area contributed by atoms with Crippen molar-refractivity contribution in [3.63, 3.8) is 0 Å². The van der Waals surface area contributed by atoms with E-state index in [9.17, 15) is 0 Å². The lowest BCUT2D eigenvalue weighted by atomic mass is 10.0. The Morgan fingerprint density at radius 2 is 2.29 bits per heavy atom. The number of hydrogen-bond acceptors (Lipinski definition) is 3. The molecule has 0 N–H and O–H groups in total. The molecule has 0 aliphatic heterocycles. The number of hydrogen-bond donors (Lipinski definition) is 0. The van der Waals surface area contributed by atoms with Gasteiger partial charge in [0, 0.05) is 23.0 Å². The van der Waals surface area contributed by atoms with E-state index in [0.717, 1.165) is 12.2 Å². The molecule has 0 aromatic carbocycles. The number of halogens is 1. The summed E-state index contributed by atoms with van der Waals surface area (Å²) in [6.07, 6.45) is 2.75. The average Bonchev–Trinajstić information content (AvgIpc) is 2.19. The quantitative estimate of drug-likeness (QED) is 0.780. The van der Waals surface area contributed by atoms with E-state index in [0.29, 0.717) is 16.6 Å². The molecular formula is C10H15BrN2O. The van der Waals surface area contributed by atoms with Crippen LogP contribution in [0.3, 0.4) is 0 Å². The fourth-order valence-electron chi connectivity index (χ4n) is 1.36. The van der Waals surface area contributed by atoms with Crippen LogP contribution in [0.2, 0.25) is 0 Å². The Morgan fingerprint density at radius 3 is 2.79 bits per heavy atom. The van der Waals surface area contributed by atoms with Crippen molar-refractivity contribution in [2.24, 2.45) is 0 Å². The van der Waals surface area contributed by atoms with Gasteiger partial charge in [-0.15, -0.1) is 0 Å². The Bertz CT molecular complexity index is 291. The monoisotopic (exact) mass is 258 g/mol. The average molecular weight is 259 g/mol. The van der Waals surface area contributed by atoms with Crippen LogP contribution < -0.4 is 4.74 Å². The van der Waals surface area contributed by atoms with Gasteiger partial charge >= 0.3 is 0 Å². The maximum atomic E-state index is 5.06. The van der Waals surface area contributed by atoms with Gasteiger partial charge in [0.2, 0.25) is 5.88 Å². The molecule has 0 aliphatic rings. The van der Waals surface area contributed by atoms with E-state index in [1.807, 2.05) is 0 Å². The summed E-state index contributed by atoms with van der Waals surface area (Å²) in [4.78, 5) is 8.95. The molecule has 0 aliphatic carbocycles. The summed E-state index contributed by atoms with van der Waals surface area (Å²) >= 11 is 3.56. The molecule has 1 heterocycles. The van der Waals surface area contributed by atoms with Gasteiger partial charge in [0.1, 0.15) is 5.82 Å². The van der Waals surface area contributed by atoms with E-state index in [-0.39, 0.29) is 0 Å². The molecule has 0 bridgehead atoms. The first kappa shape index (κ1) is 11.4. The largest absolute Gasteiger partial charge is 0.481 e.